The number of carbonyl (C=O) groups excluding carboxylic acids is 1. The van der Waals surface area contributed by atoms with Gasteiger partial charge in [0.1, 0.15) is 34.6 Å². The molecule has 1 aliphatic rings. The number of carboxylic acid groups (broad SMARTS) is 1. The molecule has 12 nitrogen and oxygen atoms in total. The number of hydrogen-bond acceptors (Lipinski definition) is 8. The maximum atomic E-state index is 12.3. The minimum atomic E-state index is -1.16. The number of nitrogens with one attached hydrogen (secondary N) is 2. The number of carbonyl (C=O) groups is 2. The summed E-state index contributed by atoms with van der Waals surface area (Å²) in [5.74, 6) is 0.844. The van der Waals surface area contributed by atoms with Crippen molar-refractivity contribution in [1.82, 2.24) is 19.9 Å². The van der Waals surface area contributed by atoms with Gasteiger partial charge in [-0.3, -0.25) is 4.90 Å². The summed E-state index contributed by atoms with van der Waals surface area (Å²) in [6.45, 7) is 7.16. The first kappa shape index (κ1) is 28.0. The second kappa shape index (κ2) is 11.0. The number of benzene rings is 1. The fourth-order valence-corrected chi connectivity index (χ4v) is 4.88. The second-order valence-corrected chi connectivity index (χ2v) is 11.8. The largest absolute Gasteiger partial charge is 0.616 e. The fourth-order valence-electron chi connectivity index (χ4n) is 4.20. The van der Waals surface area contributed by atoms with E-state index in [0.717, 1.165) is 24.0 Å². The standard InChI is InChI=1S/C26H31N7O5S/c1-15(29-24(34)38-26(2,3)4)20-9-6-18(10-16(20)14-39(5)37)30-21-11-22(32(25(35)36)19-7-8-19)33-23(31-21)17(12-27)13-28-33/h6,9-11,13,15,19H,7-8,14H2,1-5H3,(H,29,34)(H,30,31)(H,35,36)/t15-,39?/m0/s1. The highest BCUT2D eigenvalue weighted by atomic mass is 32.2. The molecule has 0 bridgehead atoms. The van der Waals surface area contributed by atoms with Gasteiger partial charge >= 0.3 is 12.2 Å². The molecule has 4 rings (SSSR count). The van der Waals surface area contributed by atoms with Gasteiger partial charge in [-0.1, -0.05) is 17.2 Å². The summed E-state index contributed by atoms with van der Waals surface area (Å²) < 4.78 is 18.9. The average Bonchev–Trinajstić information content (AvgIpc) is 3.55. The smallest absolute Gasteiger partial charge is 0.413 e. The number of rotatable bonds is 8. The Morgan fingerprint density at radius 2 is 2.08 bits per heavy atom. The number of nitriles is 1. The van der Waals surface area contributed by atoms with Crippen LogP contribution in [-0.4, -0.2) is 54.3 Å². The Labute approximate surface area is 229 Å². The van der Waals surface area contributed by atoms with Crippen LogP contribution in [0.1, 0.15) is 63.3 Å². The lowest BCUT2D eigenvalue weighted by molar-refractivity contribution is 0.0507. The number of nitrogens with zero attached hydrogens (tertiary/aromatic N) is 5. The van der Waals surface area contributed by atoms with Gasteiger partial charge in [0.15, 0.2) is 5.65 Å². The van der Waals surface area contributed by atoms with Gasteiger partial charge in [-0.2, -0.15) is 14.9 Å². The molecule has 2 amide bonds. The summed E-state index contributed by atoms with van der Waals surface area (Å²) >= 11 is -1.16. The van der Waals surface area contributed by atoms with Gasteiger partial charge in [0.25, 0.3) is 0 Å². The molecule has 39 heavy (non-hydrogen) atoms. The normalized spacial score (nSPS) is 14.8. The molecule has 13 heteroatoms. The molecule has 3 N–H and O–H groups in total. The van der Waals surface area contributed by atoms with Crippen LogP contribution in [0.5, 0.6) is 0 Å². The van der Waals surface area contributed by atoms with Crippen molar-refractivity contribution in [1.29, 1.82) is 5.26 Å². The lowest BCUT2D eigenvalue weighted by Crippen LogP contribution is -2.34. The molecule has 2 aromatic heterocycles. The van der Waals surface area contributed by atoms with Crippen LogP contribution in [0.4, 0.5) is 26.9 Å². The van der Waals surface area contributed by atoms with Gasteiger partial charge in [0.05, 0.1) is 18.5 Å². The van der Waals surface area contributed by atoms with Gasteiger partial charge in [-0.25, -0.2) is 14.6 Å². The van der Waals surface area contributed by atoms with Crippen LogP contribution >= 0.6 is 0 Å². The van der Waals surface area contributed by atoms with E-state index in [0.29, 0.717) is 11.5 Å². The van der Waals surface area contributed by atoms with Crippen molar-refractivity contribution < 1.29 is 24.0 Å². The van der Waals surface area contributed by atoms with Crippen molar-refractivity contribution in [3.8, 4) is 6.07 Å². The molecular weight excluding hydrogens is 522 g/mol. The molecule has 2 atom stereocenters. The minimum Gasteiger partial charge on any atom is -0.616 e. The number of hydrogen-bond donors (Lipinski definition) is 3. The predicted molar refractivity (Wildman–Crippen MR) is 147 cm³/mol. The third-order valence-electron chi connectivity index (χ3n) is 5.91. The predicted octanol–water partition coefficient (Wildman–Crippen LogP) is 4.46. The van der Waals surface area contributed by atoms with E-state index in [1.807, 2.05) is 25.1 Å². The van der Waals surface area contributed by atoms with E-state index in [1.165, 1.54) is 15.6 Å². The lowest BCUT2D eigenvalue weighted by atomic mass is 10.0. The molecule has 0 aliphatic heterocycles. The van der Waals surface area contributed by atoms with E-state index in [4.69, 9.17) is 4.74 Å². The number of amides is 2. The summed E-state index contributed by atoms with van der Waals surface area (Å²) in [5.41, 5.74) is 1.93. The van der Waals surface area contributed by atoms with E-state index in [2.05, 4.69) is 20.7 Å². The zero-order chi connectivity index (χ0) is 28.5. The number of anilines is 3. The van der Waals surface area contributed by atoms with E-state index >= 15 is 0 Å². The molecule has 1 aliphatic carbocycles. The summed E-state index contributed by atoms with van der Waals surface area (Å²) in [6.07, 6.45) is 2.75. The fraction of sp³-hybridized carbons (Fsp3) is 0.423. The molecule has 206 valence electrons. The van der Waals surface area contributed by atoms with Gasteiger partial charge in [0, 0.05) is 23.4 Å². The Balaban J connectivity index is 1.68. The zero-order valence-corrected chi connectivity index (χ0v) is 23.2. The Bertz CT molecular complexity index is 1440. The van der Waals surface area contributed by atoms with E-state index < -0.39 is 35.0 Å². The molecule has 0 radical (unpaired) electrons. The van der Waals surface area contributed by atoms with Gasteiger partial charge in [-0.05, 0) is 58.2 Å². The highest BCUT2D eigenvalue weighted by Crippen LogP contribution is 2.34. The van der Waals surface area contributed by atoms with Crippen molar-refractivity contribution in [3.05, 3.63) is 47.2 Å². The molecule has 1 fully saturated rings. The number of ether oxygens (including phenoxy) is 1. The maximum Gasteiger partial charge on any atom is 0.413 e. The van der Waals surface area contributed by atoms with Gasteiger partial charge < -0.3 is 25.0 Å². The Morgan fingerprint density at radius 1 is 1.36 bits per heavy atom. The highest BCUT2D eigenvalue weighted by Gasteiger charge is 2.36. The van der Waals surface area contributed by atoms with Gasteiger partial charge in [-0.15, -0.1) is 0 Å². The lowest BCUT2D eigenvalue weighted by Gasteiger charge is -2.23. The SMILES string of the molecule is C[C@H](NC(=O)OC(C)(C)C)c1ccc(Nc2cc(N(C(=O)O)C3CC3)n3ncc(C#N)c3n2)cc1C[S+](C)[O-]. The van der Waals surface area contributed by atoms with Crippen molar-refractivity contribution in [2.24, 2.45) is 0 Å². The monoisotopic (exact) mass is 553 g/mol. The number of fused-ring (bicyclic) bond motifs is 1. The summed E-state index contributed by atoms with van der Waals surface area (Å²) in [7, 11) is 0. The first-order valence-electron chi connectivity index (χ1n) is 12.4. The maximum absolute atomic E-state index is 12.3. The summed E-state index contributed by atoms with van der Waals surface area (Å²) in [4.78, 5) is 30.2. The second-order valence-electron chi connectivity index (χ2n) is 10.4. The average molecular weight is 554 g/mol. The minimum absolute atomic E-state index is 0.167. The number of alkyl carbamates (subject to hydrolysis) is 1. The van der Waals surface area contributed by atoms with Crippen LogP contribution in [-0.2, 0) is 21.7 Å². The molecule has 3 aromatic rings. The molecule has 1 unspecified atom stereocenters. The molecular formula is C26H31N7O5S. The van der Waals surface area contributed by atoms with E-state index in [1.54, 1.807) is 39.2 Å². The van der Waals surface area contributed by atoms with Crippen LogP contribution in [0.3, 0.4) is 0 Å². The quantitative estimate of drug-likeness (QED) is 0.341. The molecule has 0 saturated heterocycles. The van der Waals surface area contributed by atoms with E-state index in [-0.39, 0.29) is 28.8 Å². The van der Waals surface area contributed by atoms with Crippen molar-refractivity contribution in [2.75, 3.05) is 16.5 Å². The van der Waals surface area contributed by atoms with Crippen molar-refractivity contribution in [2.45, 2.75) is 64.0 Å². The molecule has 1 saturated carbocycles. The van der Waals surface area contributed by atoms with Crippen LogP contribution in [0.2, 0.25) is 0 Å². The Morgan fingerprint density at radius 3 is 2.67 bits per heavy atom. The first-order valence-corrected chi connectivity index (χ1v) is 14.1. The van der Waals surface area contributed by atoms with Crippen molar-refractivity contribution in [3.63, 3.8) is 0 Å². The molecule has 1 aromatic carbocycles. The zero-order valence-electron chi connectivity index (χ0n) is 22.4. The topological polar surface area (TPSA) is 168 Å². The van der Waals surface area contributed by atoms with Crippen molar-refractivity contribution >= 4 is 46.3 Å². The van der Waals surface area contributed by atoms with Crippen LogP contribution in [0.15, 0.2) is 30.5 Å². The summed E-state index contributed by atoms with van der Waals surface area (Å²) in [5, 5.41) is 29.6. The molecule has 0 spiro atoms. The molecule has 2 heterocycles. The number of aromatic nitrogens is 3. The highest BCUT2D eigenvalue weighted by molar-refractivity contribution is 7.89. The van der Waals surface area contributed by atoms with Crippen LogP contribution in [0, 0.1) is 11.3 Å². The summed E-state index contributed by atoms with van der Waals surface area (Å²) in [6, 6.07) is 8.45. The third kappa shape index (κ3) is 6.71. The van der Waals surface area contributed by atoms with E-state index in [9.17, 15) is 24.5 Å². The Hall–Kier alpha value is -4.02. The van der Waals surface area contributed by atoms with Crippen LogP contribution < -0.4 is 15.5 Å². The van der Waals surface area contributed by atoms with Crippen LogP contribution in [0.25, 0.3) is 5.65 Å². The van der Waals surface area contributed by atoms with Gasteiger partial charge in [0.2, 0.25) is 0 Å². The first-order chi connectivity index (χ1) is 18.4. The third-order valence-corrected chi connectivity index (χ3v) is 6.63. The Kier molecular flexibility index (Phi) is 7.89.